The summed E-state index contributed by atoms with van der Waals surface area (Å²) in [5.41, 5.74) is 2.07. The van der Waals surface area contributed by atoms with Gasteiger partial charge >= 0.3 is 12.0 Å². The number of sulfone groups is 1. The van der Waals surface area contributed by atoms with Gasteiger partial charge in [-0.25, -0.2) is 23.2 Å². The first-order valence-electron chi connectivity index (χ1n) is 15.8. The molecule has 14 heteroatoms. The molecule has 1 aliphatic rings. The molecule has 252 valence electrons. The number of ether oxygens (including phenoxy) is 1. The summed E-state index contributed by atoms with van der Waals surface area (Å²) < 4.78 is 67.5. The molecule has 0 aliphatic carbocycles. The Bertz CT molecular complexity index is 2190. The van der Waals surface area contributed by atoms with Crippen molar-refractivity contribution < 1.29 is 26.7 Å². The van der Waals surface area contributed by atoms with E-state index in [2.05, 4.69) is 30.2 Å². The van der Waals surface area contributed by atoms with Gasteiger partial charge in [-0.2, -0.15) is 8.78 Å². The van der Waals surface area contributed by atoms with E-state index in [4.69, 9.17) is 4.74 Å². The molecule has 7 rings (SSSR count). The summed E-state index contributed by atoms with van der Waals surface area (Å²) >= 11 is 0. The molecule has 1 aliphatic heterocycles. The summed E-state index contributed by atoms with van der Waals surface area (Å²) in [5.74, 6) is -4.37. The van der Waals surface area contributed by atoms with Crippen molar-refractivity contribution in [2.75, 3.05) is 19.6 Å². The topological polar surface area (TPSA) is 135 Å². The highest BCUT2D eigenvalue weighted by Gasteiger charge is 2.42. The van der Waals surface area contributed by atoms with E-state index in [1.165, 1.54) is 16.7 Å². The average molecular weight is 686 g/mol. The number of H-pyrrole nitrogens is 1. The minimum Gasteiger partial charge on any atom is -0.445 e. The number of halogens is 2. The maximum atomic E-state index is 16.4. The molecule has 0 radical (unpaired) electrons. The fraction of sp³-hybridized carbons (Fsp3) is 0.257. The first-order chi connectivity index (χ1) is 23.7. The zero-order valence-electron chi connectivity index (χ0n) is 26.3. The summed E-state index contributed by atoms with van der Waals surface area (Å²) in [6, 6.07) is 21.7. The fourth-order valence-electron chi connectivity index (χ4n) is 6.27. The fourth-order valence-corrected chi connectivity index (χ4v) is 7.62. The largest absolute Gasteiger partial charge is 0.445 e. The van der Waals surface area contributed by atoms with Gasteiger partial charge in [0.25, 0.3) is 0 Å². The van der Waals surface area contributed by atoms with Gasteiger partial charge in [-0.05, 0) is 48.2 Å². The highest BCUT2D eigenvalue weighted by Crippen LogP contribution is 2.40. The van der Waals surface area contributed by atoms with E-state index in [-0.39, 0.29) is 28.2 Å². The van der Waals surface area contributed by atoms with Gasteiger partial charge in [0.2, 0.25) is 9.84 Å². The quantitative estimate of drug-likeness (QED) is 0.180. The van der Waals surface area contributed by atoms with E-state index in [1.54, 1.807) is 67.1 Å². The van der Waals surface area contributed by atoms with Gasteiger partial charge in [-0.3, -0.25) is 9.88 Å². The second-order valence-electron chi connectivity index (χ2n) is 12.0. The molecule has 2 N–H and O–H groups in total. The normalized spacial score (nSPS) is 14.7. The Kier molecular flexibility index (Phi) is 8.82. The maximum absolute atomic E-state index is 16.4. The second-order valence-corrected chi connectivity index (χ2v) is 13.8. The monoisotopic (exact) mass is 685 g/mol. The number of aromatic nitrogens is 5. The van der Waals surface area contributed by atoms with Gasteiger partial charge < -0.3 is 19.6 Å². The van der Waals surface area contributed by atoms with Crippen LogP contribution in [-0.2, 0) is 33.6 Å². The number of pyridine rings is 2. The second kappa shape index (κ2) is 13.4. The number of nitrogens with zero attached hydrogens (tertiary/aromatic N) is 5. The first kappa shape index (κ1) is 32.3. The van der Waals surface area contributed by atoms with Gasteiger partial charge in [0.05, 0.1) is 17.0 Å². The minimum atomic E-state index is -4.27. The molecule has 0 atom stereocenters. The Labute approximate surface area is 280 Å². The Morgan fingerprint density at radius 1 is 0.959 bits per heavy atom. The number of carbonyl (C=O) groups excluding carboxylic acids is 1. The number of benzene rings is 2. The molecule has 0 unspecified atom stereocenters. The molecular formula is C35H33F2N7O4S. The molecular weight excluding hydrogens is 652 g/mol. The van der Waals surface area contributed by atoms with Gasteiger partial charge in [-0.1, -0.05) is 54.6 Å². The van der Waals surface area contributed by atoms with Crippen LogP contribution in [0.4, 0.5) is 13.6 Å². The molecule has 11 nitrogen and oxygen atoms in total. The molecule has 5 heterocycles. The molecule has 1 fully saturated rings. The van der Waals surface area contributed by atoms with Crippen molar-refractivity contribution in [3.63, 3.8) is 0 Å². The maximum Gasteiger partial charge on any atom is 0.407 e. The zero-order chi connectivity index (χ0) is 34.0. The third kappa shape index (κ3) is 6.61. The van der Waals surface area contributed by atoms with Gasteiger partial charge in [0.15, 0.2) is 10.9 Å². The Morgan fingerprint density at radius 2 is 1.67 bits per heavy atom. The number of fused-ring (bicyclic) bond motifs is 3. The number of nitrogens with one attached hydrogen (secondary N) is 2. The lowest BCUT2D eigenvalue weighted by Crippen LogP contribution is -2.39. The van der Waals surface area contributed by atoms with Crippen LogP contribution in [0.1, 0.15) is 35.8 Å². The standard InChI is InChI=1S/C35H33F2N7O4S/c36-35(37,23-40-34(45)48-22-24-8-3-1-4-9-24)33-41-29-30(44(33)26-14-18-43(19-15-26)21-25-10-7-16-38-20-25)28-13-17-39-31(28)42-32(29)49(46,47)27-11-5-2-6-12-27/h1-13,16-17,20,26H,14-15,18-19,21-23H2,(H,39,42)(H,40,45). The van der Waals surface area contributed by atoms with E-state index in [9.17, 15) is 13.2 Å². The number of amides is 1. The summed E-state index contributed by atoms with van der Waals surface area (Å²) in [7, 11) is -4.27. The van der Waals surface area contributed by atoms with Crippen LogP contribution in [0.2, 0.25) is 0 Å². The van der Waals surface area contributed by atoms with Gasteiger partial charge in [-0.15, -0.1) is 0 Å². The van der Waals surface area contributed by atoms with Crippen molar-refractivity contribution in [3.05, 3.63) is 114 Å². The van der Waals surface area contributed by atoms with E-state index in [0.29, 0.717) is 43.4 Å². The van der Waals surface area contributed by atoms with Crippen LogP contribution < -0.4 is 5.32 Å². The molecule has 1 amide bonds. The number of aromatic amines is 1. The Balaban J connectivity index is 1.27. The van der Waals surface area contributed by atoms with Gasteiger partial charge in [0, 0.05) is 49.7 Å². The number of carbonyl (C=O) groups is 1. The summed E-state index contributed by atoms with van der Waals surface area (Å²) in [6.45, 7) is 0.658. The van der Waals surface area contributed by atoms with Crippen LogP contribution >= 0.6 is 0 Å². The smallest absolute Gasteiger partial charge is 0.407 e. The van der Waals surface area contributed by atoms with Crippen LogP contribution in [0.15, 0.2) is 107 Å². The van der Waals surface area contributed by atoms with Crippen molar-refractivity contribution in [2.24, 2.45) is 0 Å². The lowest BCUT2D eigenvalue weighted by atomic mass is 10.0. The lowest BCUT2D eigenvalue weighted by Gasteiger charge is -2.34. The molecule has 0 spiro atoms. The van der Waals surface area contributed by atoms with E-state index >= 15 is 8.78 Å². The van der Waals surface area contributed by atoms with Crippen molar-refractivity contribution >= 4 is 38.0 Å². The Hall–Kier alpha value is -5.21. The molecule has 49 heavy (non-hydrogen) atoms. The van der Waals surface area contributed by atoms with E-state index in [1.807, 2.05) is 18.2 Å². The molecule has 1 saturated heterocycles. The van der Waals surface area contributed by atoms with Crippen LogP contribution in [-0.4, -0.2) is 63.5 Å². The van der Waals surface area contributed by atoms with Crippen LogP contribution in [0.3, 0.4) is 0 Å². The molecule has 4 aromatic heterocycles. The van der Waals surface area contributed by atoms with Crippen LogP contribution in [0.25, 0.3) is 22.1 Å². The number of likely N-dealkylation sites (tertiary alicyclic amines) is 1. The van der Waals surface area contributed by atoms with Crippen molar-refractivity contribution in [1.82, 2.24) is 34.7 Å². The first-order valence-corrected chi connectivity index (χ1v) is 17.3. The molecule has 0 saturated carbocycles. The Morgan fingerprint density at radius 3 is 2.39 bits per heavy atom. The number of hydrogen-bond donors (Lipinski definition) is 2. The third-order valence-corrected chi connectivity index (χ3v) is 10.3. The number of piperidine rings is 1. The third-order valence-electron chi connectivity index (χ3n) is 8.66. The molecule has 6 aromatic rings. The average Bonchev–Trinajstić information content (AvgIpc) is 3.77. The molecule has 2 aromatic carbocycles. The van der Waals surface area contributed by atoms with Crippen LogP contribution in [0, 0.1) is 0 Å². The minimum absolute atomic E-state index is 0.0379. The highest BCUT2D eigenvalue weighted by atomic mass is 32.2. The summed E-state index contributed by atoms with van der Waals surface area (Å²) in [5, 5.41) is 2.22. The highest BCUT2D eigenvalue weighted by molar-refractivity contribution is 7.91. The summed E-state index contributed by atoms with van der Waals surface area (Å²) in [6.07, 6.45) is 5.08. The van der Waals surface area contributed by atoms with Gasteiger partial charge in [0.1, 0.15) is 17.8 Å². The number of rotatable bonds is 10. The SMILES string of the molecule is O=C(NCC(F)(F)c1nc2c(S(=O)(=O)c3ccccc3)nc3[nH]ccc3c2n1C1CCN(Cc2cccnc2)CC1)OCc1ccccc1. The number of alkyl halides is 2. The summed E-state index contributed by atoms with van der Waals surface area (Å²) in [4.78, 5) is 30.7. The molecule has 0 bridgehead atoms. The predicted molar refractivity (Wildman–Crippen MR) is 178 cm³/mol. The number of hydrogen-bond acceptors (Lipinski definition) is 8. The van der Waals surface area contributed by atoms with Crippen molar-refractivity contribution in [2.45, 2.75) is 47.9 Å². The van der Waals surface area contributed by atoms with E-state index < -0.39 is 45.3 Å². The number of alkyl carbamates (subject to hydrolysis) is 1. The van der Waals surface area contributed by atoms with Crippen LogP contribution in [0.5, 0.6) is 0 Å². The van der Waals surface area contributed by atoms with Crippen molar-refractivity contribution in [3.8, 4) is 0 Å². The number of imidazole rings is 1. The van der Waals surface area contributed by atoms with Crippen molar-refractivity contribution in [1.29, 1.82) is 0 Å². The zero-order valence-corrected chi connectivity index (χ0v) is 27.1. The van der Waals surface area contributed by atoms with E-state index in [0.717, 1.165) is 5.56 Å². The lowest BCUT2D eigenvalue weighted by molar-refractivity contribution is -0.0178. The predicted octanol–water partition coefficient (Wildman–Crippen LogP) is 6.00.